The number of amides is 2. The highest BCUT2D eigenvalue weighted by molar-refractivity contribution is 6.15. The van der Waals surface area contributed by atoms with Gasteiger partial charge in [0.1, 0.15) is 12.2 Å². The van der Waals surface area contributed by atoms with Crippen LogP contribution in [0.25, 0.3) is 0 Å². The molecule has 1 aromatic carbocycles. The average molecular weight is 189 g/mol. The number of aldehydes is 1. The molecule has 2 rings (SSSR count). The summed E-state index contributed by atoms with van der Waals surface area (Å²) in [6, 6.07) is 6.59. The van der Waals surface area contributed by atoms with Gasteiger partial charge in [-0.1, -0.05) is 18.2 Å². The predicted molar refractivity (Wildman–Crippen MR) is 47.7 cm³/mol. The molecule has 1 unspecified atom stereocenters. The van der Waals surface area contributed by atoms with Gasteiger partial charge in [0, 0.05) is 5.56 Å². The molecule has 4 heteroatoms. The fourth-order valence-electron chi connectivity index (χ4n) is 1.51. The number of rotatable bonds is 1. The van der Waals surface area contributed by atoms with Gasteiger partial charge in [0.05, 0.1) is 0 Å². The monoisotopic (exact) mass is 189 g/mol. The van der Waals surface area contributed by atoms with Crippen molar-refractivity contribution in [2.45, 2.75) is 5.92 Å². The van der Waals surface area contributed by atoms with E-state index in [-0.39, 0.29) is 0 Å². The van der Waals surface area contributed by atoms with Crippen molar-refractivity contribution in [3.8, 4) is 0 Å². The lowest BCUT2D eigenvalue weighted by molar-refractivity contribution is -0.125. The molecule has 1 atom stereocenters. The largest absolute Gasteiger partial charge is 0.302 e. The molecule has 0 saturated heterocycles. The lowest BCUT2D eigenvalue weighted by atomic mass is 9.91. The van der Waals surface area contributed by atoms with E-state index < -0.39 is 17.7 Å². The highest BCUT2D eigenvalue weighted by atomic mass is 16.2. The van der Waals surface area contributed by atoms with Crippen LogP contribution < -0.4 is 5.32 Å². The smallest absolute Gasteiger partial charge is 0.258 e. The number of benzene rings is 1. The zero-order valence-corrected chi connectivity index (χ0v) is 7.19. The van der Waals surface area contributed by atoms with Crippen LogP contribution in [0.5, 0.6) is 0 Å². The molecule has 0 aliphatic carbocycles. The van der Waals surface area contributed by atoms with E-state index in [2.05, 4.69) is 5.32 Å². The third kappa shape index (κ3) is 1.12. The SMILES string of the molecule is O=CC1C(=O)NC(=O)c2ccccc21. The topological polar surface area (TPSA) is 63.2 Å². The second kappa shape index (κ2) is 3.06. The zero-order chi connectivity index (χ0) is 10.1. The third-order valence-electron chi connectivity index (χ3n) is 2.20. The molecule has 1 N–H and O–H groups in total. The van der Waals surface area contributed by atoms with Crippen LogP contribution in [0.4, 0.5) is 0 Å². The Kier molecular flexibility index (Phi) is 1.89. The van der Waals surface area contributed by atoms with Gasteiger partial charge in [-0.05, 0) is 11.6 Å². The maximum absolute atomic E-state index is 11.3. The first-order valence-corrected chi connectivity index (χ1v) is 4.13. The summed E-state index contributed by atoms with van der Waals surface area (Å²) in [4.78, 5) is 33.2. The Hall–Kier alpha value is -1.97. The van der Waals surface area contributed by atoms with E-state index in [9.17, 15) is 14.4 Å². The summed E-state index contributed by atoms with van der Waals surface area (Å²) in [5, 5.41) is 2.13. The minimum atomic E-state index is -0.858. The van der Waals surface area contributed by atoms with E-state index in [0.29, 0.717) is 17.4 Å². The zero-order valence-electron chi connectivity index (χ0n) is 7.19. The van der Waals surface area contributed by atoms with Crippen LogP contribution in [0.1, 0.15) is 21.8 Å². The van der Waals surface area contributed by atoms with Gasteiger partial charge < -0.3 is 4.79 Å². The number of carbonyl (C=O) groups is 3. The summed E-state index contributed by atoms with van der Waals surface area (Å²) >= 11 is 0. The first-order chi connectivity index (χ1) is 6.74. The summed E-state index contributed by atoms with van der Waals surface area (Å²) in [6.45, 7) is 0. The minimum absolute atomic E-state index is 0.393. The Labute approximate surface area is 79.9 Å². The molecule has 1 heterocycles. The fourth-order valence-corrected chi connectivity index (χ4v) is 1.51. The molecule has 70 valence electrons. The van der Waals surface area contributed by atoms with Gasteiger partial charge in [-0.3, -0.25) is 14.9 Å². The van der Waals surface area contributed by atoms with Gasteiger partial charge >= 0.3 is 0 Å². The maximum atomic E-state index is 11.3. The second-order valence-corrected chi connectivity index (χ2v) is 3.02. The molecule has 1 aliphatic rings. The van der Waals surface area contributed by atoms with Crippen molar-refractivity contribution >= 4 is 18.1 Å². The van der Waals surface area contributed by atoms with Crippen LogP contribution in [0.15, 0.2) is 24.3 Å². The molecule has 1 aliphatic heterocycles. The summed E-state index contributed by atoms with van der Waals surface area (Å²) in [6.07, 6.45) is 0.542. The van der Waals surface area contributed by atoms with Gasteiger partial charge in [-0.15, -0.1) is 0 Å². The molecule has 0 aromatic heterocycles. The van der Waals surface area contributed by atoms with Crippen molar-refractivity contribution in [1.29, 1.82) is 0 Å². The molecular formula is C10H7NO3. The second-order valence-electron chi connectivity index (χ2n) is 3.02. The standard InChI is InChI=1S/C10H7NO3/c12-5-8-6-3-1-2-4-7(6)9(13)11-10(8)14/h1-5,8H,(H,11,13,14). The Bertz CT molecular complexity index is 425. The third-order valence-corrected chi connectivity index (χ3v) is 2.20. The lowest BCUT2D eigenvalue weighted by Gasteiger charge is -2.19. The highest BCUT2D eigenvalue weighted by Crippen LogP contribution is 2.22. The predicted octanol–water partition coefficient (Wildman–Crippen LogP) is 0.239. The van der Waals surface area contributed by atoms with Crippen LogP contribution in [0, 0.1) is 0 Å². The Morgan fingerprint density at radius 3 is 2.64 bits per heavy atom. The lowest BCUT2D eigenvalue weighted by Crippen LogP contribution is -2.40. The van der Waals surface area contributed by atoms with Crippen molar-refractivity contribution in [1.82, 2.24) is 5.32 Å². The maximum Gasteiger partial charge on any atom is 0.258 e. The number of carbonyl (C=O) groups excluding carboxylic acids is 3. The van der Waals surface area contributed by atoms with Gasteiger partial charge in [-0.25, -0.2) is 0 Å². The van der Waals surface area contributed by atoms with E-state index in [1.165, 1.54) is 0 Å². The van der Waals surface area contributed by atoms with Crippen LogP contribution in [0.2, 0.25) is 0 Å². The molecule has 1 aromatic rings. The molecule has 2 amide bonds. The van der Waals surface area contributed by atoms with Crippen molar-refractivity contribution in [3.63, 3.8) is 0 Å². The first-order valence-electron chi connectivity index (χ1n) is 4.13. The van der Waals surface area contributed by atoms with Crippen LogP contribution >= 0.6 is 0 Å². The van der Waals surface area contributed by atoms with Crippen molar-refractivity contribution in [2.24, 2.45) is 0 Å². The summed E-state index contributed by atoms with van der Waals surface area (Å²) < 4.78 is 0. The molecule has 0 radical (unpaired) electrons. The van der Waals surface area contributed by atoms with Crippen LogP contribution in [0.3, 0.4) is 0 Å². The molecule has 0 spiro atoms. The van der Waals surface area contributed by atoms with Crippen LogP contribution in [-0.4, -0.2) is 18.1 Å². The molecule has 0 bridgehead atoms. The van der Waals surface area contributed by atoms with Crippen molar-refractivity contribution < 1.29 is 14.4 Å². The molecule has 14 heavy (non-hydrogen) atoms. The van der Waals surface area contributed by atoms with Crippen LogP contribution in [-0.2, 0) is 9.59 Å². The van der Waals surface area contributed by atoms with Gasteiger partial charge in [0.25, 0.3) is 5.91 Å². The van der Waals surface area contributed by atoms with Gasteiger partial charge in [0.15, 0.2) is 0 Å². The summed E-state index contributed by atoms with van der Waals surface area (Å²) in [7, 11) is 0. The van der Waals surface area contributed by atoms with E-state index in [1.807, 2.05) is 0 Å². The molecule has 0 fully saturated rings. The van der Waals surface area contributed by atoms with Gasteiger partial charge in [0.2, 0.25) is 5.91 Å². The summed E-state index contributed by atoms with van der Waals surface area (Å²) in [5.74, 6) is -1.85. The first kappa shape index (κ1) is 8.62. The fraction of sp³-hybridized carbons (Fsp3) is 0.100. The molecular weight excluding hydrogens is 182 g/mol. The van der Waals surface area contributed by atoms with E-state index in [0.717, 1.165) is 0 Å². The Morgan fingerprint density at radius 1 is 1.21 bits per heavy atom. The summed E-state index contributed by atoms with van der Waals surface area (Å²) in [5.41, 5.74) is 0.875. The Morgan fingerprint density at radius 2 is 1.93 bits per heavy atom. The number of fused-ring (bicyclic) bond motifs is 1. The number of nitrogens with one attached hydrogen (secondary N) is 1. The average Bonchev–Trinajstić information content (AvgIpc) is 2.18. The van der Waals surface area contributed by atoms with Gasteiger partial charge in [-0.2, -0.15) is 0 Å². The molecule has 0 saturated carbocycles. The minimum Gasteiger partial charge on any atom is -0.302 e. The quantitative estimate of drug-likeness (QED) is 0.391. The van der Waals surface area contributed by atoms with E-state index in [1.54, 1.807) is 24.3 Å². The highest BCUT2D eigenvalue weighted by Gasteiger charge is 2.31. The molecule has 4 nitrogen and oxygen atoms in total. The number of imide groups is 1. The number of hydrogen-bond donors (Lipinski definition) is 1. The van der Waals surface area contributed by atoms with Crippen molar-refractivity contribution in [3.05, 3.63) is 35.4 Å². The van der Waals surface area contributed by atoms with Crippen molar-refractivity contribution in [2.75, 3.05) is 0 Å². The Balaban J connectivity index is 2.61. The van der Waals surface area contributed by atoms with E-state index in [4.69, 9.17) is 0 Å². The number of hydrogen-bond acceptors (Lipinski definition) is 3. The van der Waals surface area contributed by atoms with E-state index >= 15 is 0 Å². The normalized spacial score (nSPS) is 19.9.